The Morgan fingerprint density at radius 2 is 2.17 bits per heavy atom. The predicted octanol–water partition coefficient (Wildman–Crippen LogP) is 0.288. The largest absolute Gasteiger partial charge is 0.491 e. The topological polar surface area (TPSA) is 98.1 Å². The number of pyridine rings is 1. The van der Waals surface area contributed by atoms with Crippen LogP contribution < -0.4 is 10.2 Å². The Hall–Kier alpha value is -2.35. The van der Waals surface area contributed by atoms with E-state index in [0.717, 1.165) is 19.3 Å². The SMILES string of the molecule is COc1c2n(cc(C(=O)O)c1=O)CC1O[C@H]3CC[C@H](C3)N1C2=O. The molecule has 1 N–H and O–H groups in total. The molecule has 3 aliphatic rings. The number of nitrogens with zero attached hydrogens (tertiary/aromatic N) is 2. The lowest BCUT2D eigenvalue weighted by atomic mass is 10.1. The fourth-order valence-corrected chi connectivity index (χ4v) is 3.88. The highest BCUT2D eigenvalue weighted by Crippen LogP contribution is 2.38. The van der Waals surface area contributed by atoms with E-state index in [1.165, 1.54) is 17.9 Å². The number of rotatable bonds is 2. The van der Waals surface area contributed by atoms with Gasteiger partial charge in [0.2, 0.25) is 5.43 Å². The molecule has 0 radical (unpaired) electrons. The van der Waals surface area contributed by atoms with Crippen LogP contribution in [0.25, 0.3) is 0 Å². The van der Waals surface area contributed by atoms with Crippen molar-refractivity contribution in [1.29, 1.82) is 0 Å². The van der Waals surface area contributed by atoms with Gasteiger partial charge in [-0.15, -0.1) is 0 Å². The molecule has 2 fully saturated rings. The summed E-state index contributed by atoms with van der Waals surface area (Å²) in [5.74, 6) is -1.89. The number of carboxylic acid groups (broad SMARTS) is 1. The minimum atomic E-state index is -1.34. The van der Waals surface area contributed by atoms with E-state index in [2.05, 4.69) is 0 Å². The monoisotopic (exact) mass is 320 g/mol. The quantitative estimate of drug-likeness (QED) is 0.841. The molecule has 1 saturated carbocycles. The van der Waals surface area contributed by atoms with Gasteiger partial charge >= 0.3 is 5.97 Å². The molecule has 1 aromatic heterocycles. The zero-order valence-corrected chi connectivity index (χ0v) is 12.5. The summed E-state index contributed by atoms with van der Waals surface area (Å²) in [7, 11) is 1.26. The smallest absolute Gasteiger partial charge is 0.341 e. The summed E-state index contributed by atoms with van der Waals surface area (Å²) in [5, 5.41) is 9.18. The maximum atomic E-state index is 12.9. The van der Waals surface area contributed by atoms with Gasteiger partial charge in [-0.3, -0.25) is 9.59 Å². The number of hydrogen-bond donors (Lipinski definition) is 1. The summed E-state index contributed by atoms with van der Waals surface area (Å²) in [5.41, 5.74) is -1.08. The third-order valence-electron chi connectivity index (χ3n) is 4.87. The van der Waals surface area contributed by atoms with Gasteiger partial charge in [0.15, 0.2) is 17.7 Å². The standard InChI is InChI=1S/C15H16N2O6/c1-22-13-11-14(19)17-7-2-3-8(4-7)23-10(17)6-16(11)5-9(12(13)18)15(20)21/h5,7-8,10H,2-4,6H2,1H3,(H,20,21)/t7-,8+,10?/m1/s1. The van der Waals surface area contributed by atoms with Gasteiger partial charge in [-0.05, 0) is 19.3 Å². The highest BCUT2D eigenvalue weighted by atomic mass is 16.5. The summed E-state index contributed by atoms with van der Waals surface area (Å²) >= 11 is 0. The minimum absolute atomic E-state index is 0.104. The van der Waals surface area contributed by atoms with Crippen molar-refractivity contribution in [3.05, 3.63) is 27.7 Å². The minimum Gasteiger partial charge on any atom is -0.491 e. The molecule has 1 unspecified atom stereocenters. The van der Waals surface area contributed by atoms with Crippen molar-refractivity contribution in [3.8, 4) is 5.75 Å². The average Bonchev–Trinajstić information content (AvgIpc) is 2.88. The molecule has 4 rings (SSSR count). The molecule has 2 bridgehead atoms. The van der Waals surface area contributed by atoms with E-state index in [1.54, 1.807) is 4.90 Å². The zero-order valence-electron chi connectivity index (χ0n) is 12.5. The Kier molecular flexibility index (Phi) is 2.99. The van der Waals surface area contributed by atoms with Gasteiger partial charge < -0.3 is 24.0 Å². The Bertz CT molecular complexity index is 770. The number of carbonyl (C=O) groups excluding carboxylic acids is 1. The predicted molar refractivity (Wildman–Crippen MR) is 76.7 cm³/mol. The first-order valence-electron chi connectivity index (χ1n) is 7.54. The molecule has 1 aromatic rings. The highest BCUT2D eigenvalue weighted by molar-refractivity contribution is 5.98. The van der Waals surface area contributed by atoms with Gasteiger partial charge in [0.05, 0.1) is 19.8 Å². The van der Waals surface area contributed by atoms with Crippen LogP contribution in [0.15, 0.2) is 11.0 Å². The van der Waals surface area contributed by atoms with Crippen LogP contribution in [-0.2, 0) is 11.3 Å². The van der Waals surface area contributed by atoms with E-state index in [1.807, 2.05) is 0 Å². The number of aromatic nitrogens is 1. The van der Waals surface area contributed by atoms with Gasteiger partial charge in [-0.2, -0.15) is 0 Å². The van der Waals surface area contributed by atoms with E-state index in [0.29, 0.717) is 6.54 Å². The molecular weight excluding hydrogens is 304 g/mol. The van der Waals surface area contributed by atoms with Gasteiger partial charge in [0.1, 0.15) is 5.56 Å². The number of carbonyl (C=O) groups is 2. The van der Waals surface area contributed by atoms with Gasteiger partial charge in [0, 0.05) is 12.2 Å². The van der Waals surface area contributed by atoms with Crippen LogP contribution >= 0.6 is 0 Å². The molecule has 122 valence electrons. The first-order chi connectivity index (χ1) is 11.0. The van der Waals surface area contributed by atoms with E-state index in [9.17, 15) is 19.5 Å². The summed E-state index contributed by atoms with van der Waals surface area (Å²) in [4.78, 5) is 38.1. The highest BCUT2D eigenvalue weighted by Gasteiger charge is 2.47. The van der Waals surface area contributed by atoms with E-state index in [-0.39, 0.29) is 29.5 Å². The van der Waals surface area contributed by atoms with Crippen LogP contribution in [0.3, 0.4) is 0 Å². The summed E-state index contributed by atoms with van der Waals surface area (Å²) in [6.07, 6.45) is 3.54. The molecule has 1 aliphatic carbocycles. The van der Waals surface area contributed by atoms with Crippen LogP contribution in [0.2, 0.25) is 0 Å². The van der Waals surface area contributed by atoms with E-state index < -0.39 is 23.2 Å². The first-order valence-corrected chi connectivity index (χ1v) is 7.54. The normalized spacial score (nSPS) is 28.3. The Morgan fingerprint density at radius 3 is 2.87 bits per heavy atom. The molecule has 0 aromatic carbocycles. The van der Waals surface area contributed by atoms with Crippen molar-refractivity contribution >= 4 is 11.9 Å². The molecule has 3 heterocycles. The summed E-state index contributed by atoms with van der Waals surface area (Å²) in [6, 6.07) is 0.110. The lowest BCUT2D eigenvalue weighted by molar-refractivity contribution is -0.132. The van der Waals surface area contributed by atoms with E-state index >= 15 is 0 Å². The number of carboxylic acids is 1. The Labute approximate surface area is 131 Å². The lowest BCUT2D eigenvalue weighted by Gasteiger charge is -2.44. The van der Waals surface area contributed by atoms with Crippen LogP contribution in [-0.4, -0.2) is 51.9 Å². The first kappa shape index (κ1) is 14.3. The molecule has 3 atom stereocenters. The Balaban J connectivity index is 1.89. The zero-order chi connectivity index (χ0) is 16.3. The molecule has 8 heteroatoms. The number of fused-ring (bicyclic) bond motifs is 5. The van der Waals surface area contributed by atoms with Crippen molar-refractivity contribution in [1.82, 2.24) is 9.47 Å². The molecule has 23 heavy (non-hydrogen) atoms. The summed E-state index contributed by atoms with van der Waals surface area (Å²) < 4.78 is 12.5. The molecule has 8 nitrogen and oxygen atoms in total. The second kappa shape index (κ2) is 4.82. The number of hydrogen-bond acceptors (Lipinski definition) is 5. The lowest BCUT2D eigenvalue weighted by Crippen LogP contribution is -2.57. The van der Waals surface area contributed by atoms with Crippen LogP contribution in [0.1, 0.15) is 40.1 Å². The maximum absolute atomic E-state index is 12.9. The van der Waals surface area contributed by atoms with Crippen molar-refractivity contribution in [2.75, 3.05) is 7.11 Å². The van der Waals surface area contributed by atoms with Crippen molar-refractivity contribution < 1.29 is 24.2 Å². The third kappa shape index (κ3) is 1.91. The fraction of sp³-hybridized carbons (Fsp3) is 0.533. The fourth-order valence-electron chi connectivity index (χ4n) is 3.88. The van der Waals surface area contributed by atoms with E-state index in [4.69, 9.17) is 9.47 Å². The average molecular weight is 320 g/mol. The number of aromatic carboxylic acids is 1. The molecule has 1 saturated heterocycles. The van der Waals surface area contributed by atoms with Crippen molar-refractivity contribution in [2.24, 2.45) is 0 Å². The third-order valence-corrected chi connectivity index (χ3v) is 4.87. The van der Waals surface area contributed by atoms with Gasteiger partial charge in [0.25, 0.3) is 5.91 Å². The number of ether oxygens (including phenoxy) is 2. The van der Waals surface area contributed by atoms with Gasteiger partial charge in [-0.1, -0.05) is 0 Å². The van der Waals surface area contributed by atoms with Crippen molar-refractivity contribution in [2.45, 2.75) is 44.2 Å². The second-order valence-electron chi connectivity index (χ2n) is 6.10. The second-order valence-corrected chi connectivity index (χ2v) is 6.10. The number of amides is 1. The molecule has 0 spiro atoms. The number of methoxy groups -OCH3 is 1. The van der Waals surface area contributed by atoms with Crippen molar-refractivity contribution in [3.63, 3.8) is 0 Å². The van der Waals surface area contributed by atoms with Gasteiger partial charge in [-0.25, -0.2) is 4.79 Å². The van der Waals surface area contributed by atoms with Crippen LogP contribution in [0, 0.1) is 0 Å². The molecule has 2 aliphatic heterocycles. The Morgan fingerprint density at radius 1 is 1.39 bits per heavy atom. The molecular formula is C15H16N2O6. The molecule has 1 amide bonds. The summed E-state index contributed by atoms with van der Waals surface area (Å²) in [6.45, 7) is 0.297. The maximum Gasteiger partial charge on any atom is 0.341 e. The van der Waals surface area contributed by atoms with Crippen LogP contribution in [0.5, 0.6) is 5.75 Å². The van der Waals surface area contributed by atoms with Crippen LogP contribution in [0.4, 0.5) is 0 Å².